The van der Waals surface area contributed by atoms with Gasteiger partial charge < -0.3 is 15.1 Å². The molecule has 1 aliphatic rings. The summed E-state index contributed by atoms with van der Waals surface area (Å²) in [5.41, 5.74) is 1.16. The summed E-state index contributed by atoms with van der Waals surface area (Å²) in [7, 11) is 0. The Morgan fingerprint density at radius 1 is 1.39 bits per heavy atom. The van der Waals surface area contributed by atoms with E-state index in [0.29, 0.717) is 0 Å². The van der Waals surface area contributed by atoms with Crippen LogP contribution >= 0.6 is 0 Å². The highest BCUT2D eigenvalue weighted by molar-refractivity contribution is 5.80. The van der Waals surface area contributed by atoms with E-state index in [1.54, 1.807) is 12.1 Å². The van der Waals surface area contributed by atoms with Gasteiger partial charge in [0.2, 0.25) is 0 Å². The first-order valence-electron chi connectivity index (χ1n) is 5.96. The van der Waals surface area contributed by atoms with E-state index in [1.165, 1.54) is 0 Å². The number of pyridine rings is 1. The molecule has 0 unspecified atom stereocenters. The second kappa shape index (κ2) is 6.32. The fourth-order valence-corrected chi connectivity index (χ4v) is 1.90. The number of oxime groups is 1. The molecule has 2 heterocycles. The average Bonchev–Trinajstić information content (AvgIpc) is 2.41. The van der Waals surface area contributed by atoms with E-state index < -0.39 is 0 Å². The summed E-state index contributed by atoms with van der Waals surface area (Å²) in [5.74, 6) is 0.0166. The zero-order chi connectivity index (χ0) is 12.8. The lowest BCUT2D eigenvalue weighted by Gasteiger charge is -2.26. The highest BCUT2D eigenvalue weighted by atomic mass is 16.5. The number of ether oxygens (including phenoxy) is 1. The second-order valence-electron chi connectivity index (χ2n) is 4.16. The molecule has 1 saturated heterocycles. The highest BCUT2D eigenvalue weighted by Crippen LogP contribution is 2.13. The van der Waals surface area contributed by atoms with E-state index in [9.17, 15) is 5.11 Å². The SMILES string of the molecule is O/N=C/c1nc(CCN2CCOCC2)ccc1O. The molecular weight excluding hydrogens is 234 g/mol. The number of nitrogens with zero attached hydrogens (tertiary/aromatic N) is 3. The molecule has 0 bridgehead atoms. The van der Waals surface area contributed by atoms with Crippen LogP contribution in [0.15, 0.2) is 17.3 Å². The molecule has 6 nitrogen and oxygen atoms in total. The first kappa shape index (κ1) is 12.8. The van der Waals surface area contributed by atoms with Gasteiger partial charge >= 0.3 is 0 Å². The minimum atomic E-state index is 0.0166. The van der Waals surface area contributed by atoms with Gasteiger partial charge in [-0.2, -0.15) is 0 Å². The van der Waals surface area contributed by atoms with Crippen molar-refractivity contribution < 1.29 is 15.1 Å². The van der Waals surface area contributed by atoms with Crippen molar-refractivity contribution in [3.8, 4) is 5.75 Å². The number of rotatable bonds is 4. The summed E-state index contributed by atoms with van der Waals surface area (Å²) in [4.78, 5) is 6.55. The normalized spacial score (nSPS) is 17.3. The zero-order valence-electron chi connectivity index (χ0n) is 10.1. The van der Waals surface area contributed by atoms with Crippen LogP contribution in [0.2, 0.25) is 0 Å². The summed E-state index contributed by atoms with van der Waals surface area (Å²) >= 11 is 0. The molecule has 6 heteroatoms. The molecular formula is C12H17N3O3. The van der Waals surface area contributed by atoms with Crippen molar-refractivity contribution >= 4 is 6.21 Å². The van der Waals surface area contributed by atoms with Crippen molar-refractivity contribution in [1.82, 2.24) is 9.88 Å². The lowest BCUT2D eigenvalue weighted by atomic mass is 10.2. The van der Waals surface area contributed by atoms with Crippen molar-refractivity contribution in [3.05, 3.63) is 23.5 Å². The summed E-state index contributed by atoms with van der Waals surface area (Å²) in [5, 5.41) is 20.8. The number of hydrogen-bond donors (Lipinski definition) is 2. The van der Waals surface area contributed by atoms with Crippen molar-refractivity contribution in [2.24, 2.45) is 5.16 Å². The van der Waals surface area contributed by atoms with Crippen LogP contribution in [0.1, 0.15) is 11.4 Å². The Morgan fingerprint density at radius 3 is 2.89 bits per heavy atom. The van der Waals surface area contributed by atoms with Crippen LogP contribution < -0.4 is 0 Å². The van der Waals surface area contributed by atoms with Gasteiger partial charge in [0.1, 0.15) is 11.4 Å². The summed E-state index contributed by atoms with van der Waals surface area (Å²) in [6.07, 6.45) is 1.93. The molecule has 2 rings (SSSR count). The first-order valence-corrected chi connectivity index (χ1v) is 5.96. The Kier molecular flexibility index (Phi) is 4.49. The molecule has 0 atom stereocenters. The van der Waals surface area contributed by atoms with E-state index in [2.05, 4.69) is 15.0 Å². The van der Waals surface area contributed by atoms with Gasteiger partial charge in [0.15, 0.2) is 0 Å². The van der Waals surface area contributed by atoms with E-state index in [-0.39, 0.29) is 11.4 Å². The van der Waals surface area contributed by atoms with E-state index >= 15 is 0 Å². The van der Waals surface area contributed by atoms with Crippen LogP contribution in [0.4, 0.5) is 0 Å². The summed E-state index contributed by atoms with van der Waals surface area (Å²) in [6.45, 7) is 4.37. The van der Waals surface area contributed by atoms with Gasteiger partial charge in [0.05, 0.1) is 19.4 Å². The van der Waals surface area contributed by atoms with Crippen LogP contribution in [0.25, 0.3) is 0 Å². The predicted molar refractivity (Wildman–Crippen MR) is 66.2 cm³/mol. The predicted octanol–water partition coefficient (Wildman–Crippen LogP) is 0.470. The van der Waals surface area contributed by atoms with Crippen LogP contribution in [0.5, 0.6) is 5.75 Å². The van der Waals surface area contributed by atoms with Gasteiger partial charge in [-0.1, -0.05) is 5.16 Å². The monoisotopic (exact) mass is 251 g/mol. The smallest absolute Gasteiger partial charge is 0.142 e. The highest BCUT2D eigenvalue weighted by Gasteiger charge is 2.10. The first-order chi connectivity index (χ1) is 8.79. The van der Waals surface area contributed by atoms with Crippen LogP contribution in [-0.2, 0) is 11.2 Å². The minimum Gasteiger partial charge on any atom is -0.506 e. The van der Waals surface area contributed by atoms with Crippen LogP contribution in [0, 0.1) is 0 Å². The molecule has 2 N–H and O–H groups in total. The van der Waals surface area contributed by atoms with Gasteiger partial charge in [-0.05, 0) is 12.1 Å². The van der Waals surface area contributed by atoms with E-state index in [0.717, 1.165) is 51.2 Å². The molecule has 18 heavy (non-hydrogen) atoms. The number of hydrogen-bond acceptors (Lipinski definition) is 6. The fourth-order valence-electron chi connectivity index (χ4n) is 1.90. The molecule has 0 radical (unpaired) electrons. The lowest BCUT2D eigenvalue weighted by molar-refractivity contribution is 0.0383. The number of aromatic hydroxyl groups is 1. The average molecular weight is 251 g/mol. The molecule has 0 amide bonds. The Labute approximate surface area is 106 Å². The number of aromatic nitrogens is 1. The van der Waals surface area contributed by atoms with Crippen LogP contribution in [0.3, 0.4) is 0 Å². The van der Waals surface area contributed by atoms with Crippen molar-refractivity contribution in [3.63, 3.8) is 0 Å². The van der Waals surface area contributed by atoms with E-state index in [1.807, 2.05) is 0 Å². The summed E-state index contributed by atoms with van der Waals surface area (Å²) < 4.78 is 5.28. The standard InChI is InChI=1S/C12H17N3O3/c16-12-2-1-10(14-11(12)9-13-17)3-4-15-5-7-18-8-6-15/h1-2,9,16-17H,3-8H2/b13-9+. The molecule has 0 aliphatic carbocycles. The van der Waals surface area contributed by atoms with Gasteiger partial charge in [0.25, 0.3) is 0 Å². The molecule has 1 aromatic heterocycles. The second-order valence-corrected chi connectivity index (χ2v) is 4.16. The Morgan fingerprint density at radius 2 is 2.17 bits per heavy atom. The lowest BCUT2D eigenvalue weighted by Crippen LogP contribution is -2.37. The summed E-state index contributed by atoms with van der Waals surface area (Å²) in [6, 6.07) is 3.35. The molecule has 98 valence electrons. The topological polar surface area (TPSA) is 78.2 Å². The third kappa shape index (κ3) is 3.41. The maximum Gasteiger partial charge on any atom is 0.142 e. The van der Waals surface area contributed by atoms with Gasteiger partial charge in [-0.15, -0.1) is 0 Å². The minimum absolute atomic E-state index is 0.0166. The van der Waals surface area contributed by atoms with Gasteiger partial charge in [-0.25, -0.2) is 4.98 Å². The Bertz CT molecular complexity index is 417. The molecule has 1 aliphatic heterocycles. The van der Waals surface area contributed by atoms with Gasteiger partial charge in [-0.3, -0.25) is 4.90 Å². The van der Waals surface area contributed by atoms with Crippen molar-refractivity contribution in [2.45, 2.75) is 6.42 Å². The third-order valence-corrected chi connectivity index (χ3v) is 2.93. The molecule has 0 saturated carbocycles. The largest absolute Gasteiger partial charge is 0.506 e. The fraction of sp³-hybridized carbons (Fsp3) is 0.500. The van der Waals surface area contributed by atoms with Crippen LogP contribution in [-0.4, -0.2) is 59.3 Å². The zero-order valence-corrected chi connectivity index (χ0v) is 10.1. The van der Waals surface area contributed by atoms with Gasteiger partial charge in [0, 0.05) is 31.7 Å². The quantitative estimate of drug-likeness (QED) is 0.462. The van der Waals surface area contributed by atoms with Crippen molar-refractivity contribution in [1.29, 1.82) is 0 Å². The maximum absolute atomic E-state index is 9.49. The Hall–Kier alpha value is -1.66. The number of morpholine rings is 1. The molecule has 0 aromatic carbocycles. The third-order valence-electron chi connectivity index (χ3n) is 2.93. The van der Waals surface area contributed by atoms with Crippen molar-refractivity contribution in [2.75, 3.05) is 32.8 Å². The molecule has 0 spiro atoms. The molecule has 1 aromatic rings. The van der Waals surface area contributed by atoms with E-state index in [4.69, 9.17) is 9.94 Å². The molecule has 1 fully saturated rings. The Balaban J connectivity index is 1.94. The maximum atomic E-state index is 9.49.